The number of benzene rings is 1. The van der Waals surface area contributed by atoms with Crippen LogP contribution < -0.4 is 14.8 Å². The molecule has 3 aromatic rings. The quantitative estimate of drug-likeness (QED) is 0.737. The summed E-state index contributed by atoms with van der Waals surface area (Å²) < 4.78 is 47.3. The van der Waals surface area contributed by atoms with Crippen LogP contribution in [0.4, 0.5) is 13.2 Å². The number of halogens is 3. The lowest BCUT2D eigenvalue weighted by molar-refractivity contribution is -0.276. The maximum Gasteiger partial charge on any atom is 0.574 e. The van der Waals surface area contributed by atoms with E-state index in [1.807, 2.05) is 17.7 Å². The van der Waals surface area contributed by atoms with E-state index in [1.165, 1.54) is 13.2 Å². The van der Waals surface area contributed by atoms with Crippen molar-refractivity contribution in [1.29, 1.82) is 0 Å². The predicted octanol–water partition coefficient (Wildman–Crippen LogP) is 2.81. The van der Waals surface area contributed by atoms with Gasteiger partial charge in [0.1, 0.15) is 5.75 Å². The van der Waals surface area contributed by atoms with Gasteiger partial charge >= 0.3 is 6.36 Å². The smallest absolute Gasteiger partial charge is 0.496 e. The molecule has 0 saturated carbocycles. The summed E-state index contributed by atoms with van der Waals surface area (Å²) in [5.41, 5.74) is 2.38. The number of rotatable bonds is 5. The molecule has 0 aliphatic rings. The summed E-state index contributed by atoms with van der Waals surface area (Å²) in [5.74, 6) is -0.555. The van der Waals surface area contributed by atoms with Crippen LogP contribution in [0.15, 0.2) is 36.8 Å². The summed E-state index contributed by atoms with van der Waals surface area (Å²) in [5, 5.41) is 2.70. The highest BCUT2D eigenvalue weighted by Crippen LogP contribution is 2.27. The van der Waals surface area contributed by atoms with Gasteiger partial charge in [-0.05, 0) is 18.2 Å². The summed E-state index contributed by atoms with van der Waals surface area (Å²) in [6.07, 6.45) is -2.17. The van der Waals surface area contributed by atoms with E-state index in [9.17, 15) is 18.0 Å². The lowest BCUT2D eigenvalue weighted by Gasteiger charge is -2.12. The molecule has 7 nitrogen and oxygen atoms in total. The zero-order valence-electron chi connectivity index (χ0n) is 14.4. The molecule has 2 heterocycles. The molecule has 1 amide bonds. The second-order valence-corrected chi connectivity index (χ2v) is 5.59. The van der Waals surface area contributed by atoms with Crippen LogP contribution in [0.3, 0.4) is 0 Å². The Kier molecular flexibility index (Phi) is 4.89. The van der Waals surface area contributed by atoms with Crippen LogP contribution in [0.2, 0.25) is 0 Å². The molecular weight excluding hydrogens is 365 g/mol. The number of amides is 1. The fraction of sp³-hybridized carbons (Fsp3) is 0.235. The molecule has 1 aromatic carbocycles. The van der Waals surface area contributed by atoms with Crippen molar-refractivity contribution in [1.82, 2.24) is 19.9 Å². The number of methoxy groups -OCH3 is 1. The van der Waals surface area contributed by atoms with Gasteiger partial charge < -0.3 is 19.4 Å². The largest absolute Gasteiger partial charge is 0.574 e. The molecule has 27 heavy (non-hydrogen) atoms. The van der Waals surface area contributed by atoms with Gasteiger partial charge in [0, 0.05) is 31.4 Å². The highest BCUT2D eigenvalue weighted by molar-refractivity contribution is 5.94. The van der Waals surface area contributed by atoms with E-state index in [1.54, 1.807) is 12.4 Å². The summed E-state index contributed by atoms with van der Waals surface area (Å²) >= 11 is 0. The maximum atomic E-state index is 12.3. The van der Waals surface area contributed by atoms with Crippen LogP contribution in [-0.2, 0) is 13.6 Å². The van der Waals surface area contributed by atoms with E-state index in [4.69, 9.17) is 4.74 Å². The molecule has 10 heteroatoms. The molecule has 0 aliphatic heterocycles. The van der Waals surface area contributed by atoms with Crippen LogP contribution in [0, 0.1) is 0 Å². The third-order valence-electron chi connectivity index (χ3n) is 3.81. The van der Waals surface area contributed by atoms with Crippen molar-refractivity contribution in [3.8, 4) is 11.6 Å². The molecule has 0 radical (unpaired) electrons. The highest BCUT2D eigenvalue weighted by Gasteiger charge is 2.31. The van der Waals surface area contributed by atoms with E-state index in [-0.39, 0.29) is 12.1 Å². The van der Waals surface area contributed by atoms with Crippen molar-refractivity contribution in [2.24, 2.45) is 7.05 Å². The number of hydrogen-bond donors (Lipinski definition) is 1. The number of carbonyl (C=O) groups excluding carboxylic acids is 1. The molecule has 142 valence electrons. The fourth-order valence-corrected chi connectivity index (χ4v) is 2.64. The molecule has 0 atom stereocenters. The Labute approximate surface area is 151 Å². The van der Waals surface area contributed by atoms with Gasteiger partial charge in [-0.25, -0.2) is 9.97 Å². The van der Waals surface area contributed by atoms with E-state index < -0.39 is 18.1 Å². The minimum atomic E-state index is -4.84. The van der Waals surface area contributed by atoms with Gasteiger partial charge in [0.15, 0.2) is 0 Å². The minimum absolute atomic E-state index is 0.0978. The number of fused-ring (bicyclic) bond motifs is 1. The third-order valence-corrected chi connectivity index (χ3v) is 3.81. The van der Waals surface area contributed by atoms with Gasteiger partial charge in [0.05, 0.1) is 30.0 Å². The first-order valence-electron chi connectivity index (χ1n) is 7.75. The topological polar surface area (TPSA) is 78.3 Å². The average Bonchev–Trinajstić information content (AvgIpc) is 3.00. The van der Waals surface area contributed by atoms with E-state index in [0.717, 1.165) is 28.9 Å². The van der Waals surface area contributed by atoms with Gasteiger partial charge in [0.2, 0.25) is 5.88 Å². The average molecular weight is 380 g/mol. The molecule has 0 spiro atoms. The molecule has 0 saturated heterocycles. The lowest BCUT2D eigenvalue weighted by Crippen LogP contribution is -2.24. The maximum absolute atomic E-state index is 12.3. The molecule has 1 N–H and O–H groups in total. The first-order valence-corrected chi connectivity index (χ1v) is 7.75. The van der Waals surface area contributed by atoms with Crippen LogP contribution in [0.5, 0.6) is 11.6 Å². The van der Waals surface area contributed by atoms with Crippen molar-refractivity contribution in [3.05, 3.63) is 47.9 Å². The van der Waals surface area contributed by atoms with Crippen LogP contribution in [-0.4, -0.2) is 33.9 Å². The Balaban J connectivity index is 1.76. The number of aryl methyl sites for hydroxylation is 1. The SMILES string of the molecule is COc1ccc2ncn(C)c2c1CNC(=O)c1ccc(OC(F)(F)F)nc1. The second-order valence-electron chi connectivity index (χ2n) is 5.59. The highest BCUT2D eigenvalue weighted by atomic mass is 19.4. The van der Waals surface area contributed by atoms with Crippen LogP contribution in [0.25, 0.3) is 11.0 Å². The lowest BCUT2D eigenvalue weighted by atomic mass is 10.1. The number of imidazole rings is 1. The first kappa shape index (κ1) is 18.5. The Bertz CT molecular complexity index is 968. The van der Waals surface area contributed by atoms with E-state index in [0.29, 0.717) is 5.75 Å². The summed E-state index contributed by atoms with van der Waals surface area (Å²) in [6.45, 7) is 0.139. The molecule has 0 bridgehead atoms. The Morgan fingerprint density at radius 3 is 2.63 bits per heavy atom. The molecule has 2 aromatic heterocycles. The van der Waals surface area contributed by atoms with Crippen molar-refractivity contribution in [3.63, 3.8) is 0 Å². The number of hydrogen-bond acceptors (Lipinski definition) is 5. The molecule has 3 rings (SSSR count). The summed E-state index contributed by atoms with van der Waals surface area (Å²) in [6, 6.07) is 5.74. The molecule has 0 aliphatic carbocycles. The fourth-order valence-electron chi connectivity index (χ4n) is 2.64. The predicted molar refractivity (Wildman–Crippen MR) is 89.4 cm³/mol. The zero-order chi connectivity index (χ0) is 19.6. The number of alkyl halides is 3. The normalized spacial score (nSPS) is 11.4. The van der Waals surface area contributed by atoms with Crippen molar-refractivity contribution in [2.75, 3.05) is 7.11 Å². The van der Waals surface area contributed by atoms with Crippen molar-refractivity contribution >= 4 is 16.9 Å². The first-order chi connectivity index (χ1) is 12.8. The van der Waals surface area contributed by atoms with Gasteiger partial charge in [-0.1, -0.05) is 0 Å². The van der Waals surface area contributed by atoms with Gasteiger partial charge in [-0.15, -0.1) is 13.2 Å². The third kappa shape index (κ3) is 4.10. The molecular formula is C17H15F3N4O3. The number of nitrogens with zero attached hydrogens (tertiary/aromatic N) is 3. The molecule has 0 unspecified atom stereocenters. The van der Waals surface area contributed by atoms with Gasteiger partial charge in [-0.3, -0.25) is 4.79 Å². The van der Waals surface area contributed by atoms with Gasteiger partial charge in [0.25, 0.3) is 5.91 Å². The van der Waals surface area contributed by atoms with E-state index >= 15 is 0 Å². The minimum Gasteiger partial charge on any atom is -0.496 e. The number of ether oxygens (including phenoxy) is 2. The number of nitrogens with one attached hydrogen (secondary N) is 1. The number of aromatic nitrogens is 3. The summed E-state index contributed by atoms with van der Waals surface area (Å²) in [7, 11) is 3.34. The number of pyridine rings is 1. The standard InChI is InChI=1S/C17H15F3N4O3/c1-24-9-23-12-4-5-13(26-2)11(15(12)24)8-22-16(25)10-3-6-14(21-7-10)27-17(18,19)20/h3-7,9H,8H2,1-2H3,(H,22,25). The van der Waals surface area contributed by atoms with Crippen LogP contribution >= 0.6 is 0 Å². The van der Waals surface area contributed by atoms with Crippen molar-refractivity contribution < 1.29 is 27.4 Å². The Morgan fingerprint density at radius 1 is 1.22 bits per heavy atom. The molecule has 0 fully saturated rings. The zero-order valence-corrected chi connectivity index (χ0v) is 14.4. The summed E-state index contributed by atoms with van der Waals surface area (Å²) in [4.78, 5) is 20.0. The Hall–Kier alpha value is -3.30. The monoisotopic (exact) mass is 380 g/mol. The second kappa shape index (κ2) is 7.14. The Morgan fingerprint density at radius 2 is 2.00 bits per heavy atom. The van der Waals surface area contributed by atoms with Crippen LogP contribution in [0.1, 0.15) is 15.9 Å². The van der Waals surface area contributed by atoms with Gasteiger partial charge in [-0.2, -0.15) is 0 Å². The van der Waals surface area contributed by atoms with E-state index in [2.05, 4.69) is 20.0 Å². The van der Waals surface area contributed by atoms with Crippen molar-refractivity contribution in [2.45, 2.75) is 12.9 Å². The number of carbonyl (C=O) groups is 1.